The van der Waals surface area contributed by atoms with Crippen molar-refractivity contribution in [3.63, 3.8) is 0 Å². The van der Waals surface area contributed by atoms with Crippen LogP contribution in [0.5, 0.6) is 11.5 Å². The van der Waals surface area contributed by atoms with E-state index in [4.69, 9.17) is 9.47 Å². The van der Waals surface area contributed by atoms with Crippen molar-refractivity contribution in [2.75, 3.05) is 7.11 Å². The molecule has 0 unspecified atom stereocenters. The first kappa shape index (κ1) is 18.2. The number of hydrogen-bond acceptors (Lipinski definition) is 3. The summed E-state index contributed by atoms with van der Waals surface area (Å²) in [6.45, 7) is 1.44. The minimum Gasteiger partial charge on any atom is -0.493 e. The molecule has 5 heteroatoms. The van der Waals surface area contributed by atoms with Gasteiger partial charge in [0.2, 0.25) is 0 Å². The molecule has 1 aliphatic rings. The number of pyridine rings is 1. The highest BCUT2D eigenvalue weighted by Gasteiger charge is 2.17. The first-order valence-electron chi connectivity index (χ1n) is 8.97. The maximum Gasteiger partial charge on any atom is 0.175 e. The van der Waals surface area contributed by atoms with Crippen LogP contribution >= 0.6 is 15.9 Å². The summed E-state index contributed by atoms with van der Waals surface area (Å²) in [5.41, 5.74) is 2.29. The van der Waals surface area contributed by atoms with Gasteiger partial charge in [0, 0.05) is 23.5 Å². The van der Waals surface area contributed by atoms with Gasteiger partial charge in [-0.1, -0.05) is 12.5 Å². The van der Waals surface area contributed by atoms with E-state index in [1.54, 1.807) is 13.3 Å². The number of nitrogens with two attached hydrogens (primary N) is 1. The summed E-state index contributed by atoms with van der Waals surface area (Å²) in [6.07, 6.45) is 10.4. The van der Waals surface area contributed by atoms with Crippen LogP contribution in [0.3, 0.4) is 0 Å². The molecule has 0 amide bonds. The second kappa shape index (κ2) is 9.20. The van der Waals surface area contributed by atoms with Gasteiger partial charge in [-0.25, -0.2) is 0 Å². The van der Waals surface area contributed by atoms with Gasteiger partial charge in [-0.05, 0) is 59.8 Å². The van der Waals surface area contributed by atoms with Crippen LogP contribution in [-0.4, -0.2) is 18.1 Å². The van der Waals surface area contributed by atoms with Crippen molar-refractivity contribution in [1.29, 1.82) is 0 Å². The molecule has 3 rings (SSSR count). The standard InChI is InChI=1S/C20H25BrN2O2/c1-24-19-11-16(13-23-17-7-3-2-4-8-17)10-18(21)20(19)25-14-15-6-5-9-22-12-15/h5-6,9-12,17,23H,2-4,7-8,13-14H2,1H3/p+1. The highest BCUT2D eigenvalue weighted by atomic mass is 79.9. The number of nitrogens with zero attached hydrogens (tertiary/aromatic N) is 1. The van der Waals surface area contributed by atoms with Crippen molar-refractivity contribution >= 4 is 15.9 Å². The maximum absolute atomic E-state index is 5.97. The van der Waals surface area contributed by atoms with Crippen molar-refractivity contribution in [3.05, 3.63) is 52.3 Å². The molecule has 4 nitrogen and oxygen atoms in total. The van der Waals surface area contributed by atoms with Gasteiger partial charge < -0.3 is 14.8 Å². The Labute approximate surface area is 158 Å². The van der Waals surface area contributed by atoms with Crippen molar-refractivity contribution in [1.82, 2.24) is 4.98 Å². The number of benzene rings is 1. The van der Waals surface area contributed by atoms with E-state index in [1.165, 1.54) is 37.7 Å². The largest absolute Gasteiger partial charge is 0.493 e. The smallest absolute Gasteiger partial charge is 0.175 e. The van der Waals surface area contributed by atoms with Crippen LogP contribution in [0.4, 0.5) is 0 Å². The predicted octanol–water partition coefficient (Wildman–Crippen LogP) is 3.83. The normalized spacial score (nSPS) is 15.1. The second-order valence-electron chi connectivity index (χ2n) is 6.60. The van der Waals surface area contributed by atoms with Gasteiger partial charge in [-0.15, -0.1) is 0 Å². The molecular weight excluding hydrogens is 380 g/mol. The predicted molar refractivity (Wildman–Crippen MR) is 102 cm³/mol. The molecule has 0 spiro atoms. The van der Waals surface area contributed by atoms with Crippen molar-refractivity contribution < 1.29 is 14.8 Å². The Morgan fingerprint density at radius 1 is 1.20 bits per heavy atom. The quantitative estimate of drug-likeness (QED) is 0.761. The van der Waals surface area contributed by atoms with Gasteiger partial charge in [0.15, 0.2) is 11.5 Å². The molecule has 1 aliphatic carbocycles. The topological polar surface area (TPSA) is 48.0 Å². The lowest BCUT2D eigenvalue weighted by Crippen LogP contribution is -2.88. The lowest BCUT2D eigenvalue weighted by Gasteiger charge is -2.20. The molecule has 2 N–H and O–H groups in total. The van der Waals surface area contributed by atoms with Gasteiger partial charge in [0.25, 0.3) is 0 Å². The fourth-order valence-electron chi connectivity index (χ4n) is 3.34. The molecule has 25 heavy (non-hydrogen) atoms. The first-order valence-corrected chi connectivity index (χ1v) is 9.77. The molecule has 2 aromatic rings. The van der Waals surface area contributed by atoms with E-state index in [2.05, 4.69) is 38.4 Å². The minimum absolute atomic E-state index is 0.469. The van der Waals surface area contributed by atoms with Crippen LogP contribution in [0.15, 0.2) is 41.1 Å². The summed E-state index contributed by atoms with van der Waals surface area (Å²) >= 11 is 3.64. The van der Waals surface area contributed by atoms with E-state index in [1.807, 2.05) is 18.3 Å². The van der Waals surface area contributed by atoms with E-state index in [0.29, 0.717) is 6.61 Å². The van der Waals surface area contributed by atoms with Crippen molar-refractivity contribution in [3.8, 4) is 11.5 Å². The summed E-state index contributed by atoms with van der Waals surface area (Å²) in [6, 6.07) is 8.90. The van der Waals surface area contributed by atoms with Gasteiger partial charge >= 0.3 is 0 Å². The Morgan fingerprint density at radius 2 is 2.04 bits per heavy atom. The summed E-state index contributed by atoms with van der Waals surface area (Å²) in [4.78, 5) is 4.12. The lowest BCUT2D eigenvalue weighted by molar-refractivity contribution is -0.706. The van der Waals surface area contributed by atoms with Crippen molar-refractivity contribution in [2.45, 2.75) is 51.3 Å². The average molecular weight is 406 g/mol. The molecule has 0 atom stereocenters. The SMILES string of the molecule is COc1cc(C[NH2+]C2CCCCC2)cc(Br)c1OCc1cccnc1. The van der Waals surface area contributed by atoms with Crippen LogP contribution in [0.2, 0.25) is 0 Å². The number of aromatic nitrogens is 1. The number of methoxy groups -OCH3 is 1. The Kier molecular flexibility index (Phi) is 6.70. The fourth-order valence-corrected chi connectivity index (χ4v) is 3.95. The first-order chi connectivity index (χ1) is 12.3. The molecule has 0 saturated heterocycles. The molecule has 1 saturated carbocycles. The van der Waals surface area contributed by atoms with Crippen LogP contribution in [0.25, 0.3) is 0 Å². The molecule has 1 heterocycles. The highest BCUT2D eigenvalue weighted by Crippen LogP contribution is 2.37. The third-order valence-corrected chi connectivity index (χ3v) is 5.32. The van der Waals surface area contributed by atoms with Crippen LogP contribution in [0.1, 0.15) is 43.2 Å². The van der Waals surface area contributed by atoms with Crippen LogP contribution in [0, 0.1) is 0 Å². The number of halogens is 1. The average Bonchev–Trinajstić information content (AvgIpc) is 2.66. The number of hydrogen-bond donors (Lipinski definition) is 1. The van der Waals surface area contributed by atoms with E-state index in [-0.39, 0.29) is 0 Å². The number of quaternary nitrogens is 1. The molecule has 1 aromatic heterocycles. The molecule has 1 aromatic carbocycles. The summed E-state index contributed by atoms with van der Waals surface area (Å²) < 4.78 is 12.5. The van der Waals surface area contributed by atoms with E-state index in [9.17, 15) is 0 Å². The molecular formula is C20H26BrN2O2+. The third-order valence-electron chi connectivity index (χ3n) is 4.73. The van der Waals surface area contributed by atoms with E-state index < -0.39 is 0 Å². The fraction of sp³-hybridized carbons (Fsp3) is 0.450. The van der Waals surface area contributed by atoms with Gasteiger partial charge in [-0.3, -0.25) is 4.98 Å². The summed E-state index contributed by atoms with van der Waals surface area (Å²) in [7, 11) is 1.69. The zero-order valence-corrected chi connectivity index (χ0v) is 16.3. The van der Waals surface area contributed by atoms with Gasteiger partial charge in [0.1, 0.15) is 13.2 Å². The number of rotatable bonds is 7. The zero-order valence-electron chi connectivity index (χ0n) is 14.7. The van der Waals surface area contributed by atoms with Gasteiger partial charge in [0.05, 0.1) is 17.6 Å². The van der Waals surface area contributed by atoms with Crippen LogP contribution < -0.4 is 14.8 Å². The number of ether oxygens (including phenoxy) is 2. The van der Waals surface area contributed by atoms with Gasteiger partial charge in [-0.2, -0.15) is 0 Å². The Balaban J connectivity index is 1.65. The molecule has 0 aliphatic heterocycles. The molecule has 0 bridgehead atoms. The monoisotopic (exact) mass is 405 g/mol. The molecule has 0 radical (unpaired) electrons. The van der Waals surface area contributed by atoms with E-state index in [0.717, 1.165) is 34.1 Å². The Bertz CT molecular complexity index is 673. The van der Waals surface area contributed by atoms with Crippen LogP contribution in [-0.2, 0) is 13.2 Å². The Morgan fingerprint density at radius 3 is 2.76 bits per heavy atom. The summed E-state index contributed by atoms with van der Waals surface area (Å²) in [5, 5.41) is 2.47. The second-order valence-corrected chi connectivity index (χ2v) is 7.45. The lowest BCUT2D eigenvalue weighted by atomic mass is 9.95. The zero-order chi connectivity index (χ0) is 17.5. The minimum atomic E-state index is 0.469. The molecule has 134 valence electrons. The van der Waals surface area contributed by atoms with E-state index >= 15 is 0 Å². The summed E-state index contributed by atoms with van der Waals surface area (Å²) in [5.74, 6) is 1.51. The maximum atomic E-state index is 5.97. The Hall–Kier alpha value is -1.59. The van der Waals surface area contributed by atoms with Crippen molar-refractivity contribution in [2.24, 2.45) is 0 Å². The third kappa shape index (κ3) is 5.19. The molecule has 1 fully saturated rings. The highest BCUT2D eigenvalue weighted by molar-refractivity contribution is 9.10.